The third kappa shape index (κ3) is 6.65. The van der Waals surface area contributed by atoms with E-state index in [9.17, 15) is 14.4 Å². The number of fused-ring (bicyclic) bond motifs is 7. The molecule has 5 aliphatic rings. The van der Waals surface area contributed by atoms with E-state index in [1.807, 2.05) is 0 Å². The quantitative estimate of drug-likeness (QED) is 0.122. The van der Waals surface area contributed by atoms with E-state index in [0.717, 1.165) is 12.3 Å². The van der Waals surface area contributed by atoms with Gasteiger partial charge in [-0.05, 0) is 127 Å². The summed E-state index contributed by atoms with van der Waals surface area (Å²) in [4.78, 5) is 36.5. The number of rotatable bonds is 11. The van der Waals surface area contributed by atoms with Crippen LogP contribution in [0.2, 0.25) is 0 Å². The zero-order chi connectivity index (χ0) is 36.2. The van der Waals surface area contributed by atoms with Crippen molar-refractivity contribution < 1.29 is 33.3 Å². The van der Waals surface area contributed by atoms with Crippen LogP contribution in [0.15, 0.2) is 12.2 Å². The zero-order valence-electron chi connectivity index (χ0n) is 32.7. The normalized spacial score (nSPS) is 41.5. The van der Waals surface area contributed by atoms with E-state index in [0.29, 0.717) is 52.3 Å². The van der Waals surface area contributed by atoms with Gasteiger partial charge in [-0.2, -0.15) is 0 Å². The second kappa shape index (κ2) is 13.9. The first kappa shape index (κ1) is 38.3. The van der Waals surface area contributed by atoms with Crippen molar-refractivity contribution in [3.63, 3.8) is 0 Å². The number of hydrogen-bond donors (Lipinski definition) is 0. The first-order valence-corrected chi connectivity index (χ1v) is 19.5. The summed E-state index contributed by atoms with van der Waals surface area (Å²) in [7, 11) is 1.50. The van der Waals surface area contributed by atoms with Gasteiger partial charge in [-0.3, -0.25) is 14.4 Å². The number of esters is 3. The van der Waals surface area contributed by atoms with Crippen LogP contribution in [0.1, 0.15) is 140 Å². The Bertz CT molecular complexity index is 1270. The Morgan fingerprint density at radius 1 is 0.735 bits per heavy atom. The van der Waals surface area contributed by atoms with Gasteiger partial charge in [0, 0.05) is 27.9 Å². The van der Waals surface area contributed by atoms with Gasteiger partial charge in [0.2, 0.25) is 0 Å². The summed E-state index contributed by atoms with van der Waals surface area (Å²) in [5.74, 6) is 2.31. The third-order valence-corrected chi connectivity index (χ3v) is 15.8. The van der Waals surface area contributed by atoms with Crippen molar-refractivity contribution in [1.29, 1.82) is 0 Å². The molecule has 0 saturated heterocycles. The fraction of sp³-hybridized carbons (Fsp3) is 0.881. The Morgan fingerprint density at radius 2 is 1.37 bits per heavy atom. The Hall–Kier alpha value is -1.89. The van der Waals surface area contributed by atoms with Crippen molar-refractivity contribution in [3.8, 4) is 0 Å². The molecule has 4 fully saturated rings. The molecule has 0 amide bonds. The van der Waals surface area contributed by atoms with Crippen molar-refractivity contribution in [2.24, 2.45) is 62.6 Å². The lowest BCUT2D eigenvalue weighted by atomic mass is 9.33. The van der Waals surface area contributed by atoms with Gasteiger partial charge in [-0.1, -0.05) is 67.0 Å². The highest BCUT2D eigenvalue weighted by molar-refractivity contribution is 5.68. The topological polar surface area (TPSA) is 88.1 Å². The predicted octanol–water partition coefficient (Wildman–Crippen LogP) is 9.11. The van der Waals surface area contributed by atoms with E-state index >= 15 is 0 Å². The molecular formula is C42H68O7. The maximum atomic E-state index is 12.3. The molecule has 278 valence electrons. The lowest BCUT2D eigenvalue weighted by Gasteiger charge is -2.71. The molecule has 5 rings (SSSR count). The zero-order valence-corrected chi connectivity index (χ0v) is 32.7. The highest BCUT2D eigenvalue weighted by Gasteiger charge is 2.69. The molecule has 4 unspecified atom stereocenters. The molecular weight excluding hydrogens is 616 g/mol. The van der Waals surface area contributed by atoms with Gasteiger partial charge in [0.15, 0.2) is 12.2 Å². The summed E-state index contributed by atoms with van der Waals surface area (Å²) in [5, 5.41) is 0. The van der Waals surface area contributed by atoms with Gasteiger partial charge in [-0.15, -0.1) is 0 Å². The van der Waals surface area contributed by atoms with Crippen molar-refractivity contribution >= 4 is 17.9 Å². The summed E-state index contributed by atoms with van der Waals surface area (Å²) in [6, 6.07) is 0. The first-order valence-electron chi connectivity index (χ1n) is 19.5. The maximum absolute atomic E-state index is 12.3. The SMILES string of the molecule is COCC(OC(C)=O)C(OC(C)=O)C(CCC(C)[C@H]1CC[C@]2(C)[C@H]3CC[C@@H]4[C@@]5(C)CCCC(C)(C)[C@@H]5C=C[C@@]4(C)[C@]3(C)CC[C@@H]12)OC(C)=O. The molecule has 0 radical (unpaired) electrons. The van der Waals surface area contributed by atoms with Crippen molar-refractivity contribution in [2.75, 3.05) is 13.7 Å². The molecule has 0 N–H and O–H groups in total. The molecule has 4 saturated carbocycles. The number of carbonyl (C=O) groups excluding carboxylic acids is 3. The van der Waals surface area contributed by atoms with Crippen molar-refractivity contribution in [3.05, 3.63) is 12.2 Å². The standard InChI is InChI=1S/C42H68O7/c1-26(13-14-32(47-27(2)43)37(49-29(4)45)33(25-46-11)48-28(3)44)30-17-22-39(7)31(30)18-23-41(9)35(39)15-16-36-40(8)21-12-20-38(5,6)34(40)19-24-42(36,41)10/h19,24,26,30-37H,12-18,20-23,25H2,1-11H3/t26?,30-,31+,32?,33?,34+,35-,36-,37?,39+,40+,41-,42-/m1/s1. The summed E-state index contributed by atoms with van der Waals surface area (Å²) in [5.41, 5.74) is 1.57. The predicted molar refractivity (Wildman–Crippen MR) is 191 cm³/mol. The lowest BCUT2D eigenvalue weighted by molar-refractivity contribution is -0.198. The minimum absolute atomic E-state index is 0.0284. The van der Waals surface area contributed by atoms with Crippen LogP contribution in [-0.2, 0) is 33.3 Å². The second-order valence-corrected chi connectivity index (χ2v) is 18.8. The van der Waals surface area contributed by atoms with Gasteiger partial charge < -0.3 is 18.9 Å². The van der Waals surface area contributed by atoms with E-state index in [4.69, 9.17) is 18.9 Å². The molecule has 0 bridgehead atoms. The van der Waals surface area contributed by atoms with E-state index < -0.39 is 36.2 Å². The number of carbonyl (C=O) groups is 3. The fourth-order valence-electron chi connectivity index (χ4n) is 13.6. The fourth-order valence-corrected chi connectivity index (χ4v) is 13.6. The molecule has 7 heteroatoms. The Kier molecular flexibility index (Phi) is 10.9. The second-order valence-electron chi connectivity index (χ2n) is 18.8. The van der Waals surface area contributed by atoms with Crippen LogP contribution in [0.4, 0.5) is 0 Å². The molecule has 0 aliphatic heterocycles. The average molecular weight is 685 g/mol. The van der Waals surface area contributed by atoms with Crippen LogP contribution < -0.4 is 0 Å². The summed E-state index contributed by atoms with van der Waals surface area (Å²) in [6.07, 6.45) is 16.0. The summed E-state index contributed by atoms with van der Waals surface area (Å²) in [6.45, 7) is 22.1. The molecule has 7 nitrogen and oxygen atoms in total. The van der Waals surface area contributed by atoms with Crippen molar-refractivity contribution in [2.45, 2.75) is 158 Å². The molecule has 0 heterocycles. The van der Waals surface area contributed by atoms with Gasteiger partial charge in [0.25, 0.3) is 0 Å². The number of methoxy groups -OCH3 is 1. The largest absolute Gasteiger partial charge is 0.458 e. The van der Waals surface area contributed by atoms with Crippen LogP contribution in [0.5, 0.6) is 0 Å². The average Bonchev–Trinajstić information content (AvgIpc) is 3.34. The third-order valence-electron chi connectivity index (χ3n) is 15.8. The van der Waals surface area contributed by atoms with Crippen LogP contribution >= 0.6 is 0 Å². The monoisotopic (exact) mass is 684 g/mol. The lowest BCUT2D eigenvalue weighted by Crippen LogP contribution is -2.64. The highest BCUT2D eigenvalue weighted by atomic mass is 16.6. The number of ether oxygens (including phenoxy) is 4. The summed E-state index contributed by atoms with van der Waals surface area (Å²) < 4.78 is 22.3. The highest BCUT2D eigenvalue weighted by Crippen LogP contribution is 2.76. The maximum Gasteiger partial charge on any atom is 0.303 e. The molecule has 0 aromatic heterocycles. The van der Waals surface area contributed by atoms with Gasteiger partial charge >= 0.3 is 17.9 Å². The van der Waals surface area contributed by atoms with Crippen LogP contribution in [0.25, 0.3) is 0 Å². The van der Waals surface area contributed by atoms with Gasteiger partial charge in [-0.25, -0.2) is 0 Å². The van der Waals surface area contributed by atoms with Crippen LogP contribution in [-0.4, -0.2) is 49.9 Å². The van der Waals surface area contributed by atoms with Gasteiger partial charge in [0.05, 0.1) is 6.61 Å². The minimum atomic E-state index is -0.947. The number of hydrogen-bond acceptors (Lipinski definition) is 7. The molecule has 0 aromatic carbocycles. The Balaban J connectivity index is 1.34. The van der Waals surface area contributed by atoms with E-state index in [1.165, 1.54) is 85.7 Å². The van der Waals surface area contributed by atoms with Gasteiger partial charge in [0.1, 0.15) is 6.10 Å². The first-order chi connectivity index (χ1) is 22.8. The Labute approximate surface area is 297 Å². The van der Waals surface area contributed by atoms with E-state index in [2.05, 4.69) is 60.6 Å². The van der Waals surface area contributed by atoms with E-state index in [-0.39, 0.29) is 17.4 Å². The minimum Gasteiger partial charge on any atom is -0.458 e. The van der Waals surface area contributed by atoms with Crippen molar-refractivity contribution in [1.82, 2.24) is 0 Å². The summed E-state index contributed by atoms with van der Waals surface area (Å²) >= 11 is 0. The smallest absolute Gasteiger partial charge is 0.303 e. The Morgan fingerprint density at radius 3 is 2.00 bits per heavy atom. The molecule has 0 aromatic rings. The van der Waals surface area contributed by atoms with Crippen LogP contribution in [0, 0.1) is 62.6 Å². The van der Waals surface area contributed by atoms with E-state index in [1.54, 1.807) is 0 Å². The molecule has 5 aliphatic carbocycles. The molecule has 13 atom stereocenters. The molecule has 49 heavy (non-hydrogen) atoms. The van der Waals surface area contributed by atoms with Crippen LogP contribution in [0.3, 0.4) is 0 Å². The number of allylic oxidation sites excluding steroid dienone is 2. The molecule has 0 spiro atoms.